The number of aromatic nitrogens is 1. The van der Waals surface area contributed by atoms with Gasteiger partial charge in [-0.25, -0.2) is 0 Å². The first-order valence-electron chi connectivity index (χ1n) is 7.83. The fraction of sp³-hybridized carbons (Fsp3) is 0.562. The summed E-state index contributed by atoms with van der Waals surface area (Å²) in [5.41, 5.74) is 0. The van der Waals surface area contributed by atoms with Gasteiger partial charge in [-0.3, -0.25) is 14.6 Å². The maximum atomic E-state index is 12.5. The standard InChI is InChI=1S/C16H20ClN3O3/c1-19-10-11(8-15(19)21)16(22)20-6-3-12(4-7-20)23-14-2-5-18-9-13(14)17/h2,5,9,11-12H,3-4,6-8,10H2,1H3/t11-/m1/s1. The molecule has 0 unspecified atom stereocenters. The van der Waals surface area contributed by atoms with Crippen LogP contribution in [0.1, 0.15) is 19.3 Å². The predicted molar refractivity (Wildman–Crippen MR) is 85.2 cm³/mol. The molecule has 2 saturated heterocycles. The third-order valence-corrected chi connectivity index (χ3v) is 4.76. The van der Waals surface area contributed by atoms with E-state index in [1.807, 2.05) is 4.90 Å². The Hall–Kier alpha value is -1.82. The summed E-state index contributed by atoms with van der Waals surface area (Å²) < 4.78 is 5.90. The molecule has 3 heterocycles. The Morgan fingerprint density at radius 3 is 2.74 bits per heavy atom. The maximum absolute atomic E-state index is 12.5. The van der Waals surface area contributed by atoms with Gasteiger partial charge in [0.1, 0.15) is 16.9 Å². The zero-order valence-corrected chi connectivity index (χ0v) is 13.8. The van der Waals surface area contributed by atoms with Crippen molar-refractivity contribution >= 4 is 23.4 Å². The van der Waals surface area contributed by atoms with Gasteiger partial charge in [-0.2, -0.15) is 0 Å². The minimum atomic E-state index is -0.195. The molecular formula is C16H20ClN3O3. The second kappa shape index (κ2) is 6.74. The van der Waals surface area contributed by atoms with E-state index < -0.39 is 0 Å². The van der Waals surface area contributed by atoms with Gasteiger partial charge in [-0.15, -0.1) is 0 Å². The molecule has 1 aromatic heterocycles. The molecule has 2 amide bonds. The maximum Gasteiger partial charge on any atom is 0.227 e. The summed E-state index contributed by atoms with van der Waals surface area (Å²) in [5.74, 6) is 0.575. The van der Waals surface area contributed by atoms with E-state index in [-0.39, 0.29) is 23.8 Å². The normalized spacial score (nSPS) is 22.5. The smallest absolute Gasteiger partial charge is 0.227 e. The van der Waals surface area contributed by atoms with Crippen LogP contribution in [0.5, 0.6) is 5.75 Å². The van der Waals surface area contributed by atoms with Gasteiger partial charge in [-0.05, 0) is 0 Å². The average molecular weight is 338 g/mol. The number of nitrogens with zero attached hydrogens (tertiary/aromatic N) is 3. The quantitative estimate of drug-likeness (QED) is 0.840. The highest BCUT2D eigenvalue weighted by atomic mass is 35.5. The van der Waals surface area contributed by atoms with E-state index >= 15 is 0 Å². The molecule has 3 rings (SSSR count). The van der Waals surface area contributed by atoms with Crippen LogP contribution in [0.4, 0.5) is 0 Å². The molecule has 0 aromatic carbocycles. The molecule has 0 radical (unpaired) electrons. The number of pyridine rings is 1. The lowest BCUT2D eigenvalue weighted by Crippen LogP contribution is -2.44. The minimum absolute atomic E-state index is 0.0480. The van der Waals surface area contributed by atoms with E-state index in [9.17, 15) is 9.59 Å². The Balaban J connectivity index is 1.51. The molecule has 2 fully saturated rings. The van der Waals surface area contributed by atoms with Gasteiger partial charge in [-0.1, -0.05) is 11.6 Å². The Labute approximate surface area is 140 Å². The van der Waals surface area contributed by atoms with Gasteiger partial charge in [0, 0.05) is 64.4 Å². The van der Waals surface area contributed by atoms with E-state index in [0.29, 0.717) is 36.8 Å². The van der Waals surface area contributed by atoms with Crippen molar-refractivity contribution in [2.45, 2.75) is 25.4 Å². The summed E-state index contributed by atoms with van der Waals surface area (Å²) in [6.45, 7) is 1.84. The Kier molecular flexibility index (Phi) is 4.71. The Bertz CT molecular complexity index is 602. The van der Waals surface area contributed by atoms with Crippen molar-refractivity contribution in [3.8, 4) is 5.75 Å². The number of carbonyl (C=O) groups is 2. The summed E-state index contributed by atoms with van der Waals surface area (Å²) in [6.07, 6.45) is 5.11. The van der Waals surface area contributed by atoms with Crippen molar-refractivity contribution in [2.24, 2.45) is 5.92 Å². The molecule has 7 heteroatoms. The zero-order chi connectivity index (χ0) is 16.4. The van der Waals surface area contributed by atoms with Crippen molar-refractivity contribution in [3.05, 3.63) is 23.5 Å². The van der Waals surface area contributed by atoms with E-state index in [4.69, 9.17) is 16.3 Å². The fourth-order valence-electron chi connectivity index (χ4n) is 3.12. The molecular weight excluding hydrogens is 318 g/mol. The monoisotopic (exact) mass is 337 g/mol. The van der Waals surface area contributed by atoms with Gasteiger partial charge in [0.15, 0.2) is 0 Å². The Morgan fingerprint density at radius 2 is 2.13 bits per heavy atom. The molecule has 0 saturated carbocycles. The molecule has 6 nitrogen and oxygen atoms in total. The second-order valence-electron chi connectivity index (χ2n) is 6.12. The molecule has 2 aliphatic rings. The largest absolute Gasteiger partial charge is 0.489 e. The van der Waals surface area contributed by atoms with Crippen LogP contribution in [0.2, 0.25) is 5.02 Å². The average Bonchev–Trinajstić information content (AvgIpc) is 2.89. The molecule has 0 N–H and O–H groups in total. The number of likely N-dealkylation sites (tertiary alicyclic amines) is 2. The number of hydrogen-bond donors (Lipinski definition) is 0. The fourth-order valence-corrected chi connectivity index (χ4v) is 3.28. The van der Waals surface area contributed by atoms with E-state index in [2.05, 4.69) is 4.98 Å². The number of carbonyl (C=O) groups excluding carboxylic acids is 2. The van der Waals surface area contributed by atoms with E-state index in [1.165, 1.54) is 0 Å². The van der Waals surface area contributed by atoms with Crippen LogP contribution < -0.4 is 4.74 Å². The van der Waals surface area contributed by atoms with E-state index in [1.54, 1.807) is 30.4 Å². The SMILES string of the molecule is CN1C[C@H](C(=O)N2CCC(Oc3ccncc3Cl)CC2)CC1=O. The first kappa shape index (κ1) is 16.1. The summed E-state index contributed by atoms with van der Waals surface area (Å²) >= 11 is 6.05. The van der Waals surface area contributed by atoms with Crippen LogP contribution in [0.15, 0.2) is 18.5 Å². The highest BCUT2D eigenvalue weighted by Crippen LogP contribution is 2.27. The minimum Gasteiger partial charge on any atom is -0.489 e. The number of halogens is 1. The van der Waals surface area contributed by atoms with Crippen LogP contribution >= 0.6 is 11.6 Å². The lowest BCUT2D eigenvalue weighted by atomic mass is 10.0. The summed E-state index contributed by atoms with van der Waals surface area (Å²) in [6, 6.07) is 1.75. The van der Waals surface area contributed by atoms with Crippen LogP contribution in [-0.2, 0) is 9.59 Å². The van der Waals surface area contributed by atoms with Gasteiger partial charge in [0.2, 0.25) is 11.8 Å². The lowest BCUT2D eigenvalue weighted by molar-refractivity contribution is -0.137. The van der Waals surface area contributed by atoms with Crippen LogP contribution in [-0.4, -0.2) is 59.4 Å². The summed E-state index contributed by atoms with van der Waals surface area (Å²) in [5, 5.41) is 0.499. The predicted octanol–water partition coefficient (Wildman–Crippen LogP) is 1.58. The van der Waals surface area contributed by atoms with E-state index in [0.717, 1.165) is 12.8 Å². The molecule has 1 atom stereocenters. The van der Waals surface area contributed by atoms with Crippen LogP contribution in [0, 0.1) is 5.92 Å². The second-order valence-corrected chi connectivity index (χ2v) is 6.53. The molecule has 0 aliphatic carbocycles. The van der Waals surface area contributed by atoms with Gasteiger partial charge < -0.3 is 14.5 Å². The van der Waals surface area contributed by atoms with Crippen molar-refractivity contribution in [3.63, 3.8) is 0 Å². The van der Waals surface area contributed by atoms with Crippen LogP contribution in [0.3, 0.4) is 0 Å². The van der Waals surface area contributed by atoms with Gasteiger partial charge >= 0.3 is 0 Å². The highest BCUT2D eigenvalue weighted by Gasteiger charge is 2.36. The number of rotatable bonds is 3. The molecule has 23 heavy (non-hydrogen) atoms. The number of amides is 2. The number of hydrogen-bond acceptors (Lipinski definition) is 4. The highest BCUT2D eigenvalue weighted by molar-refractivity contribution is 6.31. The first-order valence-corrected chi connectivity index (χ1v) is 8.21. The topological polar surface area (TPSA) is 62.7 Å². The molecule has 0 bridgehead atoms. The van der Waals surface area contributed by atoms with Gasteiger partial charge in [0.25, 0.3) is 0 Å². The number of piperidine rings is 1. The van der Waals surface area contributed by atoms with Crippen molar-refractivity contribution in [1.29, 1.82) is 0 Å². The molecule has 0 spiro atoms. The summed E-state index contributed by atoms with van der Waals surface area (Å²) in [4.78, 5) is 31.5. The zero-order valence-electron chi connectivity index (χ0n) is 13.1. The molecule has 124 valence electrons. The number of ether oxygens (including phenoxy) is 1. The molecule has 2 aliphatic heterocycles. The molecule has 1 aromatic rings. The third kappa shape index (κ3) is 3.58. The van der Waals surface area contributed by atoms with Crippen molar-refractivity contribution in [2.75, 3.05) is 26.7 Å². The third-order valence-electron chi connectivity index (χ3n) is 4.47. The Morgan fingerprint density at radius 1 is 1.39 bits per heavy atom. The van der Waals surface area contributed by atoms with Crippen molar-refractivity contribution < 1.29 is 14.3 Å². The summed E-state index contributed by atoms with van der Waals surface area (Å²) in [7, 11) is 1.74. The van der Waals surface area contributed by atoms with Gasteiger partial charge in [0.05, 0.1) is 5.92 Å². The first-order chi connectivity index (χ1) is 11.0. The lowest BCUT2D eigenvalue weighted by Gasteiger charge is -2.33. The van der Waals surface area contributed by atoms with Crippen molar-refractivity contribution in [1.82, 2.24) is 14.8 Å². The van der Waals surface area contributed by atoms with Crippen LogP contribution in [0.25, 0.3) is 0 Å².